The molecular formula is C11H19N5O3. The van der Waals surface area contributed by atoms with Gasteiger partial charge in [0.05, 0.1) is 12.7 Å². The molecule has 1 aromatic rings. The average molecular weight is 269 g/mol. The van der Waals surface area contributed by atoms with Gasteiger partial charge in [-0.15, -0.1) is 5.10 Å². The molecule has 19 heavy (non-hydrogen) atoms. The second-order valence-corrected chi connectivity index (χ2v) is 4.33. The molecule has 0 aliphatic heterocycles. The maximum absolute atomic E-state index is 11.9. The van der Waals surface area contributed by atoms with E-state index in [2.05, 4.69) is 15.6 Å². The number of hydrogen-bond acceptors (Lipinski definition) is 5. The lowest BCUT2D eigenvalue weighted by Gasteiger charge is -2.19. The minimum atomic E-state index is -1.06. The van der Waals surface area contributed by atoms with Crippen molar-refractivity contribution in [1.29, 1.82) is 0 Å². The van der Waals surface area contributed by atoms with E-state index in [9.17, 15) is 9.59 Å². The summed E-state index contributed by atoms with van der Waals surface area (Å²) < 4.78 is 1.44. The van der Waals surface area contributed by atoms with E-state index in [1.807, 2.05) is 6.92 Å². The fourth-order valence-electron chi connectivity index (χ4n) is 1.54. The largest absolute Gasteiger partial charge is 0.480 e. The fraction of sp³-hybridized carbons (Fsp3) is 0.636. The lowest BCUT2D eigenvalue weighted by Crippen LogP contribution is -2.45. The molecule has 1 aromatic heterocycles. The molecule has 0 bridgehead atoms. The SMILES string of the molecule is CC[C@H](C)[C@H](NC(=O)c1cn(CCN)nn1)C(=O)O. The van der Waals surface area contributed by atoms with Crippen LogP contribution in [0, 0.1) is 5.92 Å². The molecule has 1 rings (SSSR count). The van der Waals surface area contributed by atoms with Crippen LogP contribution in [-0.2, 0) is 11.3 Å². The van der Waals surface area contributed by atoms with Crippen molar-refractivity contribution in [3.05, 3.63) is 11.9 Å². The number of hydrogen-bond donors (Lipinski definition) is 3. The topological polar surface area (TPSA) is 123 Å². The molecule has 2 atom stereocenters. The molecule has 0 aromatic carbocycles. The van der Waals surface area contributed by atoms with Gasteiger partial charge in [-0.05, 0) is 5.92 Å². The number of carbonyl (C=O) groups excluding carboxylic acids is 1. The van der Waals surface area contributed by atoms with Crippen LogP contribution in [0.4, 0.5) is 0 Å². The summed E-state index contributed by atoms with van der Waals surface area (Å²) >= 11 is 0. The molecule has 8 heteroatoms. The number of nitrogens with zero attached hydrogens (tertiary/aromatic N) is 3. The van der Waals surface area contributed by atoms with Crippen molar-refractivity contribution in [3.8, 4) is 0 Å². The Balaban J connectivity index is 2.73. The summed E-state index contributed by atoms with van der Waals surface area (Å²) in [5.41, 5.74) is 5.44. The lowest BCUT2D eigenvalue weighted by molar-refractivity contribution is -0.140. The van der Waals surface area contributed by atoms with Crippen LogP contribution in [0.5, 0.6) is 0 Å². The summed E-state index contributed by atoms with van der Waals surface area (Å²) in [7, 11) is 0. The zero-order chi connectivity index (χ0) is 14.4. The molecule has 0 unspecified atom stereocenters. The van der Waals surface area contributed by atoms with Crippen LogP contribution in [0.2, 0.25) is 0 Å². The number of rotatable bonds is 7. The van der Waals surface area contributed by atoms with Crippen molar-refractivity contribution in [2.75, 3.05) is 6.54 Å². The van der Waals surface area contributed by atoms with Crippen molar-refractivity contribution < 1.29 is 14.7 Å². The Kier molecular flexibility index (Phi) is 5.43. The van der Waals surface area contributed by atoms with E-state index in [4.69, 9.17) is 10.8 Å². The predicted molar refractivity (Wildman–Crippen MR) is 67.4 cm³/mol. The van der Waals surface area contributed by atoms with Crippen LogP contribution in [0.3, 0.4) is 0 Å². The molecule has 106 valence electrons. The molecule has 1 amide bonds. The minimum Gasteiger partial charge on any atom is -0.480 e. The fourth-order valence-corrected chi connectivity index (χ4v) is 1.54. The third-order valence-electron chi connectivity index (χ3n) is 2.90. The van der Waals surface area contributed by atoms with Gasteiger partial charge in [0.15, 0.2) is 5.69 Å². The van der Waals surface area contributed by atoms with Crippen LogP contribution < -0.4 is 11.1 Å². The number of amides is 1. The molecule has 0 fully saturated rings. The van der Waals surface area contributed by atoms with Gasteiger partial charge >= 0.3 is 5.97 Å². The molecule has 0 radical (unpaired) electrons. The molecule has 8 nitrogen and oxygen atoms in total. The van der Waals surface area contributed by atoms with Crippen LogP contribution in [0.1, 0.15) is 30.8 Å². The number of aliphatic carboxylic acids is 1. The Bertz CT molecular complexity index is 445. The first-order valence-corrected chi connectivity index (χ1v) is 6.13. The molecular weight excluding hydrogens is 250 g/mol. The van der Waals surface area contributed by atoms with Gasteiger partial charge < -0.3 is 16.2 Å². The summed E-state index contributed by atoms with van der Waals surface area (Å²) in [6, 6.07) is -0.933. The molecule has 0 aliphatic carbocycles. The number of carbonyl (C=O) groups is 2. The Morgan fingerprint density at radius 1 is 1.58 bits per heavy atom. The smallest absolute Gasteiger partial charge is 0.326 e. The lowest BCUT2D eigenvalue weighted by atomic mass is 9.99. The first kappa shape index (κ1) is 15.1. The zero-order valence-electron chi connectivity index (χ0n) is 11.0. The zero-order valence-corrected chi connectivity index (χ0v) is 11.0. The molecule has 0 saturated carbocycles. The number of carboxylic acid groups (broad SMARTS) is 1. The van der Waals surface area contributed by atoms with E-state index in [1.165, 1.54) is 10.9 Å². The third kappa shape index (κ3) is 4.02. The van der Waals surface area contributed by atoms with Crippen LogP contribution in [-0.4, -0.2) is 44.6 Å². The summed E-state index contributed by atoms with van der Waals surface area (Å²) in [6.07, 6.45) is 2.09. The minimum absolute atomic E-state index is 0.0861. The van der Waals surface area contributed by atoms with Crippen molar-refractivity contribution >= 4 is 11.9 Å². The van der Waals surface area contributed by atoms with Gasteiger partial charge in [0.2, 0.25) is 0 Å². The molecule has 0 aliphatic rings. The normalized spacial score (nSPS) is 13.8. The highest BCUT2D eigenvalue weighted by atomic mass is 16.4. The quantitative estimate of drug-likeness (QED) is 0.611. The standard InChI is InChI=1S/C11H19N5O3/c1-3-7(2)9(11(18)19)13-10(17)8-6-16(5-4-12)15-14-8/h6-7,9H,3-5,12H2,1-2H3,(H,13,17)(H,18,19)/t7-,9-/m0/s1. The maximum atomic E-state index is 11.9. The van der Waals surface area contributed by atoms with E-state index < -0.39 is 17.9 Å². The molecule has 4 N–H and O–H groups in total. The second-order valence-electron chi connectivity index (χ2n) is 4.33. The van der Waals surface area contributed by atoms with E-state index in [1.54, 1.807) is 6.92 Å². The third-order valence-corrected chi connectivity index (χ3v) is 2.90. The molecule has 0 spiro atoms. The van der Waals surface area contributed by atoms with Gasteiger partial charge in [-0.25, -0.2) is 4.79 Å². The predicted octanol–water partition coefficient (Wildman–Crippen LogP) is -0.534. The van der Waals surface area contributed by atoms with Crippen molar-refractivity contribution in [3.63, 3.8) is 0 Å². The van der Waals surface area contributed by atoms with Crippen LogP contribution in [0.25, 0.3) is 0 Å². The monoisotopic (exact) mass is 269 g/mol. The number of nitrogens with two attached hydrogens (primary N) is 1. The second kappa shape index (κ2) is 6.83. The van der Waals surface area contributed by atoms with E-state index in [0.717, 1.165) is 0 Å². The van der Waals surface area contributed by atoms with Crippen molar-refractivity contribution in [2.24, 2.45) is 11.7 Å². The van der Waals surface area contributed by atoms with Gasteiger partial charge in [-0.1, -0.05) is 25.5 Å². The van der Waals surface area contributed by atoms with Gasteiger partial charge in [0.25, 0.3) is 5.91 Å². The number of nitrogens with one attached hydrogen (secondary N) is 1. The first-order chi connectivity index (χ1) is 8.99. The summed E-state index contributed by atoms with van der Waals surface area (Å²) in [4.78, 5) is 23.0. The Hall–Kier alpha value is -1.96. The molecule has 0 saturated heterocycles. The summed E-state index contributed by atoms with van der Waals surface area (Å²) in [6.45, 7) is 4.47. The van der Waals surface area contributed by atoms with Crippen molar-refractivity contribution in [2.45, 2.75) is 32.9 Å². The van der Waals surface area contributed by atoms with E-state index in [-0.39, 0.29) is 11.6 Å². The van der Waals surface area contributed by atoms with Gasteiger partial charge in [0, 0.05) is 6.54 Å². The number of carboxylic acids is 1. The highest BCUT2D eigenvalue weighted by molar-refractivity contribution is 5.94. The number of aromatic nitrogens is 3. The van der Waals surface area contributed by atoms with Crippen LogP contribution >= 0.6 is 0 Å². The maximum Gasteiger partial charge on any atom is 0.326 e. The Morgan fingerprint density at radius 2 is 2.26 bits per heavy atom. The Morgan fingerprint density at radius 3 is 2.79 bits per heavy atom. The Labute approximate surface area is 111 Å². The average Bonchev–Trinajstić information content (AvgIpc) is 2.83. The summed E-state index contributed by atoms with van der Waals surface area (Å²) in [5, 5.41) is 18.9. The highest BCUT2D eigenvalue weighted by Gasteiger charge is 2.26. The molecule has 1 heterocycles. The van der Waals surface area contributed by atoms with Gasteiger partial charge in [-0.3, -0.25) is 9.48 Å². The van der Waals surface area contributed by atoms with Gasteiger partial charge in [-0.2, -0.15) is 0 Å². The van der Waals surface area contributed by atoms with Crippen LogP contribution in [0.15, 0.2) is 6.20 Å². The van der Waals surface area contributed by atoms with Gasteiger partial charge in [0.1, 0.15) is 6.04 Å². The van der Waals surface area contributed by atoms with Crippen molar-refractivity contribution in [1.82, 2.24) is 20.3 Å². The van der Waals surface area contributed by atoms with E-state index in [0.29, 0.717) is 19.5 Å². The summed E-state index contributed by atoms with van der Waals surface area (Å²) in [5.74, 6) is -1.77. The highest BCUT2D eigenvalue weighted by Crippen LogP contribution is 2.08. The van der Waals surface area contributed by atoms with E-state index >= 15 is 0 Å². The first-order valence-electron chi connectivity index (χ1n) is 6.13.